The maximum Gasteiger partial charge on any atom is 0.210 e. The van der Waals surface area contributed by atoms with E-state index in [1.807, 2.05) is 30.3 Å². The van der Waals surface area contributed by atoms with Gasteiger partial charge in [0.15, 0.2) is 0 Å². The van der Waals surface area contributed by atoms with Crippen LogP contribution in [0, 0.1) is 5.41 Å². The normalized spacial score (nSPS) is 27.5. The largest absolute Gasteiger partial charge is 0.396 e. The zero-order valence-corrected chi connectivity index (χ0v) is 12.8. The summed E-state index contributed by atoms with van der Waals surface area (Å²) in [4.78, 5) is 0. The van der Waals surface area contributed by atoms with Crippen LogP contribution in [-0.2, 0) is 15.3 Å². The number of ether oxygens (including phenoxy) is 2. The summed E-state index contributed by atoms with van der Waals surface area (Å²) in [5.41, 5.74) is 0.270. The molecule has 0 radical (unpaired) electrons. The molecule has 0 aromatic heterocycles. The number of rotatable bonds is 4. The topological polar surface area (TPSA) is 71.0 Å². The first-order chi connectivity index (χ1) is 10.7. The minimum atomic E-state index is -0.838. The first-order valence-electron chi connectivity index (χ1n) is 8.03. The predicted octanol–water partition coefficient (Wildman–Crippen LogP) is 0.999. The van der Waals surface area contributed by atoms with Crippen molar-refractivity contribution in [2.45, 2.75) is 31.1 Å². The van der Waals surface area contributed by atoms with Gasteiger partial charge in [-0.2, -0.15) is 0 Å². The third-order valence-electron chi connectivity index (χ3n) is 4.80. The van der Waals surface area contributed by atoms with Crippen LogP contribution in [-0.4, -0.2) is 49.2 Å². The summed E-state index contributed by atoms with van der Waals surface area (Å²) in [5, 5.41) is 22.6. The highest BCUT2D eigenvalue weighted by molar-refractivity contribution is 5.23. The van der Waals surface area contributed by atoms with Crippen LogP contribution in [0.4, 0.5) is 0 Å². The number of aliphatic hydroxyl groups excluding tert-OH is 2. The Morgan fingerprint density at radius 1 is 1.05 bits per heavy atom. The molecule has 2 fully saturated rings. The van der Waals surface area contributed by atoms with Crippen LogP contribution >= 0.6 is 0 Å². The van der Waals surface area contributed by atoms with Crippen LogP contribution < -0.4 is 5.32 Å². The van der Waals surface area contributed by atoms with Gasteiger partial charge in [0.1, 0.15) is 0 Å². The fourth-order valence-electron chi connectivity index (χ4n) is 3.25. The monoisotopic (exact) mass is 307 g/mol. The van der Waals surface area contributed by atoms with Crippen molar-refractivity contribution in [1.82, 2.24) is 5.32 Å². The quantitative estimate of drug-likeness (QED) is 0.774. The van der Waals surface area contributed by atoms with E-state index in [4.69, 9.17) is 9.47 Å². The summed E-state index contributed by atoms with van der Waals surface area (Å²) < 4.78 is 12.4. The van der Waals surface area contributed by atoms with Crippen molar-refractivity contribution in [2.75, 3.05) is 33.0 Å². The number of hydrogen-bond acceptors (Lipinski definition) is 5. The van der Waals surface area contributed by atoms with Gasteiger partial charge in [0.25, 0.3) is 0 Å². The van der Waals surface area contributed by atoms with Gasteiger partial charge in [-0.1, -0.05) is 36.8 Å². The van der Waals surface area contributed by atoms with E-state index in [1.165, 1.54) is 6.42 Å². The standard InChI is InChI=1S/C17H25NO4/c19-10-16(11-20)12-21-17(22-13-16,14-6-2-1-3-7-14)15-8-4-5-9-18-15/h1-3,6-7,15,18-20H,4-5,8-13H2/t15-/m0/s1. The van der Waals surface area contributed by atoms with Gasteiger partial charge >= 0.3 is 0 Å². The van der Waals surface area contributed by atoms with Crippen LogP contribution in [0.1, 0.15) is 24.8 Å². The van der Waals surface area contributed by atoms with Crippen LogP contribution in [0.3, 0.4) is 0 Å². The Bertz CT molecular complexity index is 459. The second-order valence-corrected chi connectivity index (χ2v) is 6.43. The third-order valence-corrected chi connectivity index (χ3v) is 4.80. The highest BCUT2D eigenvalue weighted by Crippen LogP contribution is 2.41. The Hall–Kier alpha value is -0.980. The molecule has 2 heterocycles. The molecular weight excluding hydrogens is 282 g/mol. The molecule has 0 spiro atoms. The first-order valence-corrected chi connectivity index (χ1v) is 8.03. The summed E-state index contributed by atoms with van der Waals surface area (Å²) in [6.45, 7) is 1.23. The summed E-state index contributed by atoms with van der Waals surface area (Å²) >= 11 is 0. The molecule has 3 N–H and O–H groups in total. The minimum Gasteiger partial charge on any atom is -0.396 e. The van der Waals surface area contributed by atoms with Crippen LogP contribution in [0.15, 0.2) is 30.3 Å². The number of benzene rings is 1. The molecule has 0 unspecified atom stereocenters. The Balaban J connectivity index is 1.89. The molecule has 1 atom stereocenters. The van der Waals surface area contributed by atoms with Crippen molar-refractivity contribution in [2.24, 2.45) is 5.41 Å². The molecule has 5 heteroatoms. The number of piperidine rings is 1. The van der Waals surface area contributed by atoms with E-state index < -0.39 is 11.2 Å². The molecule has 0 amide bonds. The average molecular weight is 307 g/mol. The van der Waals surface area contributed by atoms with Gasteiger partial charge in [-0.3, -0.25) is 0 Å². The van der Waals surface area contributed by atoms with Gasteiger partial charge in [0.2, 0.25) is 5.79 Å². The number of hydrogen-bond donors (Lipinski definition) is 3. The Morgan fingerprint density at radius 3 is 2.27 bits per heavy atom. The third kappa shape index (κ3) is 2.79. The number of nitrogens with one attached hydrogen (secondary N) is 1. The van der Waals surface area contributed by atoms with Gasteiger partial charge in [-0.05, 0) is 19.4 Å². The Morgan fingerprint density at radius 2 is 1.73 bits per heavy atom. The van der Waals surface area contributed by atoms with Gasteiger partial charge in [0, 0.05) is 5.56 Å². The maximum atomic E-state index is 9.56. The van der Waals surface area contributed by atoms with E-state index in [0.717, 1.165) is 24.9 Å². The molecule has 22 heavy (non-hydrogen) atoms. The molecule has 0 bridgehead atoms. The van der Waals surface area contributed by atoms with Crippen molar-refractivity contribution in [3.8, 4) is 0 Å². The Kier molecular flexibility index (Phi) is 4.80. The van der Waals surface area contributed by atoms with E-state index in [1.54, 1.807) is 0 Å². The fraction of sp³-hybridized carbons (Fsp3) is 0.647. The van der Waals surface area contributed by atoms with E-state index in [-0.39, 0.29) is 32.5 Å². The minimum absolute atomic E-state index is 0.0824. The lowest BCUT2D eigenvalue weighted by Gasteiger charge is -2.49. The highest BCUT2D eigenvalue weighted by Gasteiger charge is 2.50. The van der Waals surface area contributed by atoms with Crippen molar-refractivity contribution >= 4 is 0 Å². The van der Waals surface area contributed by atoms with Gasteiger partial charge in [0.05, 0.1) is 37.9 Å². The molecule has 2 aliphatic heterocycles. The first kappa shape index (κ1) is 15.9. The fourth-order valence-corrected chi connectivity index (χ4v) is 3.25. The van der Waals surface area contributed by atoms with Crippen LogP contribution in [0.25, 0.3) is 0 Å². The summed E-state index contributed by atoms with van der Waals surface area (Å²) in [6, 6.07) is 10.0. The van der Waals surface area contributed by atoms with E-state index in [0.29, 0.717) is 0 Å². The molecule has 2 saturated heterocycles. The lowest BCUT2D eigenvalue weighted by atomic mass is 9.86. The van der Waals surface area contributed by atoms with Crippen LogP contribution in [0.5, 0.6) is 0 Å². The smallest absolute Gasteiger partial charge is 0.210 e. The van der Waals surface area contributed by atoms with Gasteiger partial charge in [-0.25, -0.2) is 0 Å². The molecule has 0 aliphatic carbocycles. The molecular formula is C17H25NO4. The zero-order chi connectivity index (χ0) is 15.5. The van der Waals surface area contributed by atoms with Crippen molar-refractivity contribution in [3.63, 3.8) is 0 Å². The Labute approximate surface area is 131 Å². The van der Waals surface area contributed by atoms with Gasteiger partial charge < -0.3 is 25.0 Å². The summed E-state index contributed by atoms with van der Waals surface area (Å²) in [7, 11) is 0. The van der Waals surface area contributed by atoms with Gasteiger partial charge in [-0.15, -0.1) is 0 Å². The molecule has 5 nitrogen and oxygen atoms in total. The predicted molar refractivity (Wildman–Crippen MR) is 82.3 cm³/mol. The maximum absolute atomic E-state index is 9.56. The molecule has 0 saturated carbocycles. The molecule has 2 aliphatic rings. The second-order valence-electron chi connectivity index (χ2n) is 6.43. The van der Waals surface area contributed by atoms with Crippen LogP contribution in [0.2, 0.25) is 0 Å². The second kappa shape index (κ2) is 6.64. The highest BCUT2D eigenvalue weighted by atomic mass is 16.7. The van der Waals surface area contributed by atoms with Crippen molar-refractivity contribution < 1.29 is 19.7 Å². The molecule has 1 aromatic carbocycles. The van der Waals surface area contributed by atoms with Crippen molar-refractivity contribution in [1.29, 1.82) is 0 Å². The summed E-state index contributed by atoms with van der Waals surface area (Å²) in [5.74, 6) is -0.838. The lowest BCUT2D eigenvalue weighted by Crippen LogP contribution is -2.60. The van der Waals surface area contributed by atoms with E-state index in [9.17, 15) is 10.2 Å². The average Bonchev–Trinajstić information content (AvgIpc) is 2.63. The molecule has 122 valence electrons. The number of aliphatic hydroxyl groups is 2. The van der Waals surface area contributed by atoms with Crippen molar-refractivity contribution in [3.05, 3.63) is 35.9 Å². The zero-order valence-electron chi connectivity index (χ0n) is 12.8. The summed E-state index contributed by atoms with van der Waals surface area (Å²) in [6.07, 6.45) is 3.29. The lowest BCUT2D eigenvalue weighted by molar-refractivity contribution is -0.334. The van der Waals surface area contributed by atoms with E-state index in [2.05, 4.69) is 5.32 Å². The molecule has 1 aromatic rings. The SMILES string of the molecule is OCC1(CO)COC(c2ccccc2)([C@@H]2CCCCN2)OC1. The van der Waals surface area contributed by atoms with E-state index >= 15 is 0 Å². The molecule has 3 rings (SSSR count).